The minimum atomic E-state index is 0.197. The molecule has 0 radical (unpaired) electrons. The van der Waals surface area contributed by atoms with Crippen molar-refractivity contribution in [1.82, 2.24) is 14.9 Å². The number of ether oxygens (including phenoxy) is 1. The lowest BCUT2D eigenvalue weighted by molar-refractivity contribution is -0.0241. The third kappa shape index (κ3) is 3.13. The number of nitrogens with one attached hydrogen (secondary N) is 2. The van der Waals surface area contributed by atoms with Gasteiger partial charge < -0.3 is 15.4 Å². The molecule has 1 saturated heterocycles. The number of hydrogen-bond acceptors (Lipinski definition) is 6. The summed E-state index contributed by atoms with van der Waals surface area (Å²) >= 11 is 6.03. The maximum absolute atomic E-state index is 6.03. The summed E-state index contributed by atoms with van der Waals surface area (Å²) in [7, 11) is 1.81. The number of morpholine rings is 1. The predicted octanol–water partition coefficient (Wildman–Crippen LogP) is 1.45. The quantitative estimate of drug-likeness (QED) is 0.802. The van der Waals surface area contributed by atoms with Crippen LogP contribution in [0.25, 0.3) is 0 Å². The molecule has 0 spiro atoms. The van der Waals surface area contributed by atoms with Gasteiger partial charge in [-0.05, 0) is 12.8 Å². The van der Waals surface area contributed by atoms with Gasteiger partial charge in [0.1, 0.15) is 12.0 Å². The molecule has 2 aliphatic rings. The molecule has 3 rings (SSSR count). The molecule has 110 valence electrons. The highest BCUT2D eigenvalue weighted by molar-refractivity contribution is 6.32. The zero-order chi connectivity index (χ0) is 13.9. The lowest BCUT2D eigenvalue weighted by Crippen LogP contribution is -2.46. The summed E-state index contributed by atoms with van der Waals surface area (Å²) in [4.78, 5) is 10.7. The van der Waals surface area contributed by atoms with Crippen LogP contribution < -0.4 is 10.6 Å². The molecule has 1 aromatic heterocycles. The Morgan fingerprint density at radius 1 is 1.45 bits per heavy atom. The van der Waals surface area contributed by atoms with E-state index in [0.717, 1.165) is 43.8 Å². The highest BCUT2D eigenvalue weighted by Crippen LogP contribution is 2.29. The lowest BCUT2D eigenvalue weighted by Gasteiger charge is -2.33. The standard InChI is InChI=1S/C13H20ClN5O/c1-15-11-12(14)17-8-18-13(11)16-6-10-7-19(4-5-20-10)9-2-3-9/h8-10,15H,2-7H2,1H3,(H,16,17,18). The van der Waals surface area contributed by atoms with Crippen LogP contribution in [0.2, 0.25) is 5.15 Å². The molecular formula is C13H20ClN5O. The summed E-state index contributed by atoms with van der Waals surface area (Å²) in [6.07, 6.45) is 4.34. The van der Waals surface area contributed by atoms with Crippen LogP contribution in [0.1, 0.15) is 12.8 Å². The van der Waals surface area contributed by atoms with Crippen LogP contribution in [-0.2, 0) is 4.74 Å². The molecule has 20 heavy (non-hydrogen) atoms. The van der Waals surface area contributed by atoms with E-state index < -0.39 is 0 Å². The second kappa shape index (κ2) is 6.11. The topological polar surface area (TPSA) is 62.3 Å². The Morgan fingerprint density at radius 3 is 3.05 bits per heavy atom. The number of halogens is 1. The Bertz CT molecular complexity index is 468. The summed E-state index contributed by atoms with van der Waals surface area (Å²) in [6, 6.07) is 0.794. The lowest BCUT2D eigenvalue weighted by atomic mass is 10.2. The van der Waals surface area contributed by atoms with E-state index >= 15 is 0 Å². The van der Waals surface area contributed by atoms with Crippen LogP contribution in [0.5, 0.6) is 0 Å². The van der Waals surface area contributed by atoms with Crippen LogP contribution in [0.15, 0.2) is 6.33 Å². The zero-order valence-electron chi connectivity index (χ0n) is 11.6. The molecule has 1 aromatic rings. The first kappa shape index (κ1) is 13.9. The maximum atomic E-state index is 6.03. The van der Waals surface area contributed by atoms with Gasteiger partial charge in [-0.2, -0.15) is 0 Å². The van der Waals surface area contributed by atoms with Gasteiger partial charge in [0.05, 0.1) is 12.7 Å². The Kier molecular flexibility index (Phi) is 4.24. The molecule has 2 fully saturated rings. The molecule has 0 bridgehead atoms. The van der Waals surface area contributed by atoms with Gasteiger partial charge in [-0.15, -0.1) is 0 Å². The van der Waals surface area contributed by atoms with Crippen LogP contribution in [-0.4, -0.2) is 60.3 Å². The second-order valence-corrected chi connectivity index (χ2v) is 5.60. The van der Waals surface area contributed by atoms with Gasteiger partial charge >= 0.3 is 0 Å². The number of hydrogen-bond donors (Lipinski definition) is 2. The molecule has 0 amide bonds. The van der Waals surface area contributed by atoms with E-state index in [1.165, 1.54) is 19.2 Å². The van der Waals surface area contributed by atoms with Crippen LogP contribution in [0.3, 0.4) is 0 Å². The van der Waals surface area contributed by atoms with Crippen molar-refractivity contribution in [2.45, 2.75) is 25.0 Å². The molecule has 2 heterocycles. The molecule has 1 saturated carbocycles. The van der Waals surface area contributed by atoms with Crippen molar-refractivity contribution >= 4 is 23.1 Å². The van der Waals surface area contributed by atoms with Gasteiger partial charge in [0.25, 0.3) is 0 Å². The van der Waals surface area contributed by atoms with Crippen molar-refractivity contribution in [3.8, 4) is 0 Å². The zero-order valence-corrected chi connectivity index (χ0v) is 12.4. The Balaban J connectivity index is 1.57. The summed E-state index contributed by atoms with van der Waals surface area (Å²) in [5.74, 6) is 0.722. The number of aromatic nitrogens is 2. The highest BCUT2D eigenvalue weighted by atomic mass is 35.5. The maximum Gasteiger partial charge on any atom is 0.157 e. The van der Waals surface area contributed by atoms with E-state index in [1.807, 2.05) is 7.05 Å². The summed E-state index contributed by atoms with van der Waals surface area (Å²) in [6.45, 7) is 3.59. The fourth-order valence-corrected chi connectivity index (χ4v) is 2.79. The Hall–Kier alpha value is -1.11. The average Bonchev–Trinajstić information content (AvgIpc) is 3.30. The average molecular weight is 298 g/mol. The monoisotopic (exact) mass is 297 g/mol. The van der Waals surface area contributed by atoms with E-state index in [0.29, 0.717) is 5.15 Å². The third-order valence-corrected chi connectivity index (χ3v) is 4.07. The predicted molar refractivity (Wildman–Crippen MR) is 79.4 cm³/mol. The summed E-state index contributed by atoms with van der Waals surface area (Å²) in [5, 5.41) is 6.75. The van der Waals surface area contributed by atoms with Crippen molar-refractivity contribution < 1.29 is 4.74 Å². The first-order chi connectivity index (χ1) is 9.78. The van der Waals surface area contributed by atoms with Crippen LogP contribution in [0.4, 0.5) is 11.5 Å². The largest absolute Gasteiger partial charge is 0.383 e. The van der Waals surface area contributed by atoms with E-state index in [4.69, 9.17) is 16.3 Å². The first-order valence-corrected chi connectivity index (χ1v) is 7.43. The van der Waals surface area contributed by atoms with Gasteiger partial charge in [0, 0.05) is 32.7 Å². The third-order valence-electron chi connectivity index (χ3n) is 3.78. The van der Waals surface area contributed by atoms with Gasteiger partial charge in [-0.3, -0.25) is 4.90 Å². The van der Waals surface area contributed by atoms with E-state index in [2.05, 4.69) is 25.5 Å². The van der Waals surface area contributed by atoms with Gasteiger partial charge in [-0.1, -0.05) is 11.6 Å². The highest BCUT2D eigenvalue weighted by Gasteiger charge is 2.32. The van der Waals surface area contributed by atoms with Crippen molar-refractivity contribution in [2.24, 2.45) is 0 Å². The van der Waals surface area contributed by atoms with E-state index in [-0.39, 0.29) is 6.10 Å². The molecule has 0 aromatic carbocycles. The van der Waals surface area contributed by atoms with Crippen LogP contribution in [0, 0.1) is 0 Å². The van der Waals surface area contributed by atoms with Crippen molar-refractivity contribution in [2.75, 3.05) is 43.9 Å². The fourth-order valence-electron chi connectivity index (χ4n) is 2.57. The first-order valence-electron chi connectivity index (χ1n) is 7.05. The van der Waals surface area contributed by atoms with Crippen molar-refractivity contribution in [3.05, 3.63) is 11.5 Å². The van der Waals surface area contributed by atoms with E-state index in [9.17, 15) is 0 Å². The molecule has 1 unspecified atom stereocenters. The van der Waals surface area contributed by atoms with E-state index in [1.54, 1.807) is 0 Å². The van der Waals surface area contributed by atoms with Gasteiger partial charge in [0.2, 0.25) is 0 Å². The SMILES string of the molecule is CNc1c(Cl)ncnc1NCC1CN(C2CC2)CCO1. The smallest absolute Gasteiger partial charge is 0.157 e. The number of anilines is 2. The Labute approximate surface area is 123 Å². The minimum Gasteiger partial charge on any atom is -0.383 e. The normalized spacial score (nSPS) is 23.6. The Morgan fingerprint density at radius 2 is 2.30 bits per heavy atom. The summed E-state index contributed by atoms with van der Waals surface area (Å²) in [5.41, 5.74) is 0.726. The van der Waals surface area contributed by atoms with Gasteiger partial charge in [-0.25, -0.2) is 9.97 Å². The van der Waals surface area contributed by atoms with Crippen molar-refractivity contribution in [3.63, 3.8) is 0 Å². The molecule has 6 nitrogen and oxygen atoms in total. The molecule has 2 N–H and O–H groups in total. The molecule has 7 heteroatoms. The second-order valence-electron chi connectivity index (χ2n) is 5.24. The molecule has 1 atom stereocenters. The molecule has 1 aliphatic carbocycles. The van der Waals surface area contributed by atoms with Gasteiger partial charge in [0.15, 0.2) is 11.0 Å². The van der Waals surface area contributed by atoms with Crippen LogP contribution >= 0.6 is 11.6 Å². The minimum absolute atomic E-state index is 0.197. The van der Waals surface area contributed by atoms with Crippen molar-refractivity contribution in [1.29, 1.82) is 0 Å². The molecular weight excluding hydrogens is 278 g/mol. The molecule has 1 aliphatic heterocycles. The summed E-state index contributed by atoms with van der Waals surface area (Å²) < 4.78 is 5.81. The fraction of sp³-hybridized carbons (Fsp3) is 0.692. The number of nitrogens with zero attached hydrogens (tertiary/aromatic N) is 3. The number of rotatable bonds is 5.